The number of rotatable bonds is 0. The van der Waals surface area contributed by atoms with E-state index < -0.39 is 0 Å². The summed E-state index contributed by atoms with van der Waals surface area (Å²) in [5.41, 5.74) is 2.76. The van der Waals surface area contributed by atoms with Crippen LogP contribution in [0, 0.1) is 0 Å². The predicted octanol–water partition coefficient (Wildman–Crippen LogP) is 2.05. The number of ether oxygens (including phenoxy) is 2. The van der Waals surface area contributed by atoms with Gasteiger partial charge in [0.2, 0.25) is 0 Å². The van der Waals surface area contributed by atoms with Gasteiger partial charge < -0.3 is 14.8 Å². The highest BCUT2D eigenvalue weighted by molar-refractivity contribution is 5.49. The van der Waals surface area contributed by atoms with E-state index in [4.69, 9.17) is 9.47 Å². The van der Waals surface area contributed by atoms with Crippen molar-refractivity contribution in [2.24, 2.45) is 0 Å². The number of hydrogen-bond donors (Lipinski definition) is 1. The molecule has 16 heavy (non-hydrogen) atoms. The zero-order valence-corrected chi connectivity index (χ0v) is 9.58. The maximum absolute atomic E-state index is 5.72. The minimum atomic E-state index is 0.556. The standard InChI is InChI=1S/C13H17NO2/c1-9-7-14-8-10-5-12-13(6-11(9)10)16-4-2-3-15-12/h5-6,9,14H,2-4,7-8H2,1H3. The molecule has 0 radical (unpaired) electrons. The van der Waals surface area contributed by atoms with Crippen LogP contribution in [0.1, 0.15) is 30.4 Å². The second kappa shape index (κ2) is 3.98. The van der Waals surface area contributed by atoms with Crippen LogP contribution in [0.25, 0.3) is 0 Å². The predicted molar refractivity (Wildman–Crippen MR) is 62.2 cm³/mol. The first kappa shape index (κ1) is 9.97. The first-order valence-electron chi connectivity index (χ1n) is 5.98. The molecule has 1 atom stereocenters. The lowest BCUT2D eigenvalue weighted by atomic mass is 9.92. The van der Waals surface area contributed by atoms with Crippen molar-refractivity contribution >= 4 is 0 Å². The molecule has 0 saturated carbocycles. The Balaban J connectivity index is 2.05. The van der Waals surface area contributed by atoms with Crippen LogP contribution in [0.5, 0.6) is 11.5 Å². The third kappa shape index (κ3) is 1.65. The lowest BCUT2D eigenvalue weighted by Crippen LogP contribution is -2.26. The lowest BCUT2D eigenvalue weighted by Gasteiger charge is -2.24. The summed E-state index contributed by atoms with van der Waals surface area (Å²) in [6, 6.07) is 4.31. The van der Waals surface area contributed by atoms with Crippen molar-refractivity contribution in [3.05, 3.63) is 23.3 Å². The number of benzene rings is 1. The molecule has 2 heterocycles. The Morgan fingerprint density at radius 3 is 2.75 bits per heavy atom. The molecule has 3 heteroatoms. The highest BCUT2D eigenvalue weighted by Crippen LogP contribution is 2.36. The van der Waals surface area contributed by atoms with Gasteiger partial charge in [-0.2, -0.15) is 0 Å². The summed E-state index contributed by atoms with van der Waals surface area (Å²) in [5.74, 6) is 2.39. The van der Waals surface area contributed by atoms with E-state index in [0.717, 1.165) is 44.2 Å². The molecular formula is C13H17NO2. The third-order valence-corrected chi connectivity index (χ3v) is 3.31. The van der Waals surface area contributed by atoms with Crippen LogP contribution in [0.4, 0.5) is 0 Å². The topological polar surface area (TPSA) is 30.5 Å². The quantitative estimate of drug-likeness (QED) is 0.724. The van der Waals surface area contributed by atoms with Gasteiger partial charge in [-0.1, -0.05) is 6.92 Å². The van der Waals surface area contributed by atoms with Gasteiger partial charge in [-0.15, -0.1) is 0 Å². The van der Waals surface area contributed by atoms with Crippen molar-refractivity contribution in [3.63, 3.8) is 0 Å². The Kier molecular flexibility index (Phi) is 2.48. The normalized spacial score (nSPS) is 23.4. The summed E-state index contributed by atoms with van der Waals surface area (Å²) in [5, 5.41) is 3.42. The van der Waals surface area contributed by atoms with Gasteiger partial charge in [0.25, 0.3) is 0 Å². The summed E-state index contributed by atoms with van der Waals surface area (Å²) < 4.78 is 11.4. The SMILES string of the molecule is CC1CNCc2cc3c(cc21)OCCCO3. The minimum Gasteiger partial charge on any atom is -0.490 e. The second-order valence-electron chi connectivity index (χ2n) is 4.58. The summed E-state index contributed by atoms with van der Waals surface area (Å²) in [4.78, 5) is 0. The van der Waals surface area contributed by atoms with Gasteiger partial charge in [0.05, 0.1) is 13.2 Å². The number of fused-ring (bicyclic) bond motifs is 2. The number of hydrogen-bond acceptors (Lipinski definition) is 3. The molecule has 0 bridgehead atoms. The van der Waals surface area contributed by atoms with Gasteiger partial charge in [-0.25, -0.2) is 0 Å². The van der Waals surface area contributed by atoms with Crippen LogP contribution >= 0.6 is 0 Å². The Labute approximate surface area is 95.8 Å². The van der Waals surface area contributed by atoms with Crippen LogP contribution in [0.2, 0.25) is 0 Å². The van der Waals surface area contributed by atoms with Crippen LogP contribution in [-0.4, -0.2) is 19.8 Å². The van der Waals surface area contributed by atoms with Crippen molar-refractivity contribution < 1.29 is 9.47 Å². The van der Waals surface area contributed by atoms with Crippen molar-refractivity contribution in [1.82, 2.24) is 5.32 Å². The number of nitrogens with one attached hydrogen (secondary N) is 1. The van der Waals surface area contributed by atoms with E-state index in [1.807, 2.05) is 0 Å². The molecule has 2 aliphatic heterocycles. The maximum atomic E-state index is 5.72. The van der Waals surface area contributed by atoms with Gasteiger partial charge >= 0.3 is 0 Å². The molecule has 1 unspecified atom stereocenters. The van der Waals surface area contributed by atoms with Gasteiger partial charge in [-0.05, 0) is 29.2 Å². The lowest BCUT2D eigenvalue weighted by molar-refractivity contribution is 0.297. The fraction of sp³-hybridized carbons (Fsp3) is 0.538. The molecule has 0 aliphatic carbocycles. The van der Waals surface area contributed by atoms with Gasteiger partial charge in [-0.3, -0.25) is 0 Å². The Morgan fingerprint density at radius 2 is 1.94 bits per heavy atom. The van der Waals surface area contributed by atoms with E-state index in [0.29, 0.717) is 5.92 Å². The smallest absolute Gasteiger partial charge is 0.161 e. The first-order chi connectivity index (χ1) is 7.84. The molecule has 86 valence electrons. The van der Waals surface area contributed by atoms with Crippen molar-refractivity contribution in [3.8, 4) is 11.5 Å². The van der Waals surface area contributed by atoms with Crippen LogP contribution < -0.4 is 14.8 Å². The van der Waals surface area contributed by atoms with Crippen LogP contribution in [0.15, 0.2) is 12.1 Å². The highest BCUT2D eigenvalue weighted by atomic mass is 16.5. The molecule has 0 spiro atoms. The van der Waals surface area contributed by atoms with Gasteiger partial charge in [0.1, 0.15) is 0 Å². The van der Waals surface area contributed by atoms with Crippen molar-refractivity contribution in [2.45, 2.75) is 25.8 Å². The average molecular weight is 219 g/mol. The van der Waals surface area contributed by atoms with Gasteiger partial charge in [0, 0.05) is 19.5 Å². The molecule has 3 nitrogen and oxygen atoms in total. The molecule has 1 aromatic rings. The molecule has 1 N–H and O–H groups in total. The molecule has 0 aromatic heterocycles. The summed E-state index contributed by atoms with van der Waals surface area (Å²) in [6.07, 6.45) is 0.965. The maximum Gasteiger partial charge on any atom is 0.161 e. The molecule has 0 fully saturated rings. The third-order valence-electron chi connectivity index (χ3n) is 3.31. The van der Waals surface area contributed by atoms with E-state index in [-0.39, 0.29) is 0 Å². The molecule has 0 amide bonds. The van der Waals surface area contributed by atoms with Gasteiger partial charge in [0.15, 0.2) is 11.5 Å². The Hall–Kier alpha value is -1.22. The molecule has 2 aliphatic rings. The Bertz CT molecular complexity index is 403. The van der Waals surface area contributed by atoms with Crippen LogP contribution in [-0.2, 0) is 6.54 Å². The molecule has 3 rings (SSSR count). The van der Waals surface area contributed by atoms with E-state index in [1.54, 1.807) is 0 Å². The van der Waals surface area contributed by atoms with E-state index in [1.165, 1.54) is 11.1 Å². The minimum absolute atomic E-state index is 0.556. The fourth-order valence-electron chi connectivity index (χ4n) is 2.41. The zero-order chi connectivity index (χ0) is 11.0. The van der Waals surface area contributed by atoms with Crippen molar-refractivity contribution in [2.75, 3.05) is 19.8 Å². The zero-order valence-electron chi connectivity index (χ0n) is 9.58. The summed E-state index contributed by atoms with van der Waals surface area (Å²) in [7, 11) is 0. The van der Waals surface area contributed by atoms with E-state index in [2.05, 4.69) is 24.4 Å². The summed E-state index contributed by atoms with van der Waals surface area (Å²) >= 11 is 0. The fourth-order valence-corrected chi connectivity index (χ4v) is 2.41. The molecule has 1 aromatic carbocycles. The average Bonchev–Trinajstić information content (AvgIpc) is 2.52. The molecular weight excluding hydrogens is 202 g/mol. The largest absolute Gasteiger partial charge is 0.490 e. The van der Waals surface area contributed by atoms with Crippen LogP contribution in [0.3, 0.4) is 0 Å². The second-order valence-corrected chi connectivity index (χ2v) is 4.58. The van der Waals surface area contributed by atoms with E-state index in [9.17, 15) is 0 Å². The Morgan fingerprint density at radius 1 is 1.19 bits per heavy atom. The van der Waals surface area contributed by atoms with Crippen molar-refractivity contribution in [1.29, 1.82) is 0 Å². The highest BCUT2D eigenvalue weighted by Gasteiger charge is 2.20. The monoisotopic (exact) mass is 219 g/mol. The van der Waals surface area contributed by atoms with E-state index >= 15 is 0 Å². The summed E-state index contributed by atoms with van der Waals surface area (Å²) in [6.45, 7) is 5.76. The molecule has 0 saturated heterocycles. The first-order valence-corrected chi connectivity index (χ1v) is 5.98.